The van der Waals surface area contributed by atoms with E-state index < -0.39 is 35.7 Å². The average molecular weight is 330 g/mol. The molecule has 0 saturated carbocycles. The van der Waals surface area contributed by atoms with Crippen LogP contribution in [0.1, 0.15) is 30.6 Å². The number of halogens is 3. The molecule has 0 aromatic heterocycles. The van der Waals surface area contributed by atoms with Crippen molar-refractivity contribution in [2.75, 3.05) is 0 Å². The van der Waals surface area contributed by atoms with E-state index in [4.69, 9.17) is 5.73 Å². The second kappa shape index (κ2) is 7.28. The largest absolute Gasteiger partial charge is 0.416 e. The Hall–Kier alpha value is -2.35. The summed E-state index contributed by atoms with van der Waals surface area (Å²) in [5.74, 6) is -1.74. The lowest BCUT2D eigenvalue weighted by Gasteiger charge is -2.18. The Morgan fingerprint density at radius 1 is 1.30 bits per heavy atom. The van der Waals surface area contributed by atoms with Crippen molar-refractivity contribution in [3.8, 4) is 0 Å². The van der Waals surface area contributed by atoms with Crippen molar-refractivity contribution in [3.05, 3.63) is 47.5 Å². The number of carbonyl (C=O) groups is 2. The minimum absolute atomic E-state index is 0.0333. The van der Waals surface area contributed by atoms with E-state index in [1.165, 1.54) is 0 Å². The highest BCUT2D eigenvalue weighted by Crippen LogP contribution is 2.29. The van der Waals surface area contributed by atoms with E-state index >= 15 is 0 Å². The summed E-state index contributed by atoms with van der Waals surface area (Å²) in [6.45, 7) is 5.23. The Morgan fingerprint density at radius 2 is 1.83 bits per heavy atom. The van der Waals surface area contributed by atoms with Gasteiger partial charge in [0.1, 0.15) is 6.04 Å². The van der Waals surface area contributed by atoms with Gasteiger partial charge in [0.2, 0.25) is 5.91 Å². The molecule has 126 valence electrons. The van der Waals surface area contributed by atoms with Gasteiger partial charge < -0.3 is 16.2 Å². The minimum Gasteiger partial charge on any atom is -0.378 e. The van der Waals surface area contributed by atoms with Gasteiger partial charge in [-0.3, -0.25) is 9.59 Å². The highest BCUT2D eigenvalue weighted by Gasteiger charge is 2.31. The second-order valence-corrected chi connectivity index (χ2v) is 5.15. The highest BCUT2D eigenvalue weighted by molar-refractivity contribution is 5.89. The highest BCUT2D eigenvalue weighted by atomic mass is 19.4. The van der Waals surface area contributed by atoms with Gasteiger partial charge in [-0.05, 0) is 31.0 Å². The van der Waals surface area contributed by atoms with Gasteiger partial charge >= 0.3 is 6.18 Å². The minimum atomic E-state index is -4.51. The Labute approximate surface area is 131 Å². The summed E-state index contributed by atoms with van der Waals surface area (Å²) < 4.78 is 37.4. The molecule has 0 radical (unpaired) electrons. The number of nitrogens with two attached hydrogens (primary N) is 1. The van der Waals surface area contributed by atoms with Crippen LogP contribution in [0.3, 0.4) is 0 Å². The van der Waals surface area contributed by atoms with Gasteiger partial charge in [0, 0.05) is 0 Å². The fraction of sp³-hybridized carbons (Fsp3) is 0.333. The van der Waals surface area contributed by atoms with Crippen LogP contribution < -0.4 is 11.1 Å². The first-order valence-electron chi connectivity index (χ1n) is 6.61. The van der Waals surface area contributed by atoms with Crippen LogP contribution in [0.2, 0.25) is 0 Å². The molecule has 2 atom stereocenters. The molecule has 0 aliphatic carbocycles. The zero-order valence-corrected chi connectivity index (χ0v) is 12.4. The molecule has 0 saturated heterocycles. The Balaban J connectivity index is 2.83. The monoisotopic (exact) mass is 330 g/mol. The predicted octanol–water partition coefficient (Wildman–Crippen LogP) is 1.68. The first-order valence-corrected chi connectivity index (χ1v) is 6.61. The molecule has 1 aromatic rings. The lowest BCUT2D eigenvalue weighted by Crippen LogP contribution is -2.46. The van der Waals surface area contributed by atoms with Gasteiger partial charge in [-0.15, -0.1) is 6.58 Å². The average Bonchev–Trinajstić information content (AvgIpc) is 2.44. The summed E-state index contributed by atoms with van der Waals surface area (Å²) in [6.07, 6.45) is -6.13. The normalized spacial score (nSPS) is 14.0. The van der Waals surface area contributed by atoms with Gasteiger partial charge in [-0.1, -0.05) is 17.7 Å². The molecule has 0 bridgehead atoms. The number of hydrogen-bond donors (Lipinski definition) is 3. The van der Waals surface area contributed by atoms with Gasteiger partial charge in [0.25, 0.3) is 5.91 Å². The maximum absolute atomic E-state index is 12.5. The quantitative estimate of drug-likeness (QED) is 0.693. The summed E-state index contributed by atoms with van der Waals surface area (Å²) in [5.41, 5.74) is 4.80. The van der Waals surface area contributed by atoms with E-state index in [-0.39, 0.29) is 12.0 Å². The van der Waals surface area contributed by atoms with Crippen molar-refractivity contribution in [2.45, 2.75) is 31.7 Å². The van der Waals surface area contributed by atoms with Crippen molar-refractivity contribution >= 4 is 11.8 Å². The lowest BCUT2D eigenvalue weighted by molar-refractivity contribution is -0.137. The number of alkyl halides is 3. The summed E-state index contributed by atoms with van der Waals surface area (Å²) in [7, 11) is 0. The number of primary amides is 1. The van der Waals surface area contributed by atoms with E-state index in [1.54, 1.807) is 6.92 Å². The van der Waals surface area contributed by atoms with Crippen LogP contribution in [0.5, 0.6) is 0 Å². The molecule has 23 heavy (non-hydrogen) atoms. The molecule has 0 fully saturated rings. The molecule has 0 aliphatic heterocycles. The third kappa shape index (κ3) is 5.41. The standard InChI is InChI=1S/C15H17F3N2O3/c1-8(2)7-11(13(19)22)20-14(23)12(21)9-3-5-10(6-4-9)15(16,17)18/h3-6,11-12,21H,1,7H2,2H3,(H2,19,22)(H,20,23)/t11-,12+/m0/s1. The predicted molar refractivity (Wildman–Crippen MR) is 77.0 cm³/mol. The SMILES string of the molecule is C=C(C)C[C@H](NC(=O)[C@H](O)c1ccc(C(F)(F)F)cc1)C(N)=O. The van der Waals surface area contributed by atoms with Gasteiger partial charge in [0.05, 0.1) is 5.56 Å². The Bertz CT molecular complexity index is 597. The van der Waals surface area contributed by atoms with Crippen molar-refractivity contribution in [1.29, 1.82) is 0 Å². The zero-order chi connectivity index (χ0) is 17.8. The lowest BCUT2D eigenvalue weighted by atomic mass is 10.0. The van der Waals surface area contributed by atoms with Crippen LogP contribution in [-0.2, 0) is 15.8 Å². The van der Waals surface area contributed by atoms with Crippen molar-refractivity contribution in [3.63, 3.8) is 0 Å². The summed E-state index contributed by atoms with van der Waals surface area (Å²) in [6, 6.07) is 2.44. The van der Waals surface area contributed by atoms with Gasteiger partial charge in [0.15, 0.2) is 6.10 Å². The number of carbonyl (C=O) groups excluding carboxylic acids is 2. The number of aliphatic hydroxyl groups is 1. The van der Waals surface area contributed by atoms with Crippen molar-refractivity contribution in [1.82, 2.24) is 5.32 Å². The fourth-order valence-electron chi connectivity index (χ4n) is 1.83. The van der Waals surface area contributed by atoms with Gasteiger partial charge in [-0.25, -0.2) is 0 Å². The number of benzene rings is 1. The third-order valence-corrected chi connectivity index (χ3v) is 3.01. The molecule has 4 N–H and O–H groups in total. The van der Waals surface area contributed by atoms with Crippen molar-refractivity contribution < 1.29 is 27.9 Å². The maximum Gasteiger partial charge on any atom is 0.416 e. The van der Waals surface area contributed by atoms with E-state index in [9.17, 15) is 27.9 Å². The van der Waals surface area contributed by atoms with Crippen LogP contribution >= 0.6 is 0 Å². The molecule has 0 spiro atoms. The molecule has 1 aromatic carbocycles. The molecular formula is C15H17F3N2O3. The maximum atomic E-state index is 12.5. The second-order valence-electron chi connectivity index (χ2n) is 5.15. The van der Waals surface area contributed by atoms with Crippen LogP contribution in [0.15, 0.2) is 36.4 Å². The molecule has 2 amide bonds. The Morgan fingerprint density at radius 3 is 2.22 bits per heavy atom. The smallest absolute Gasteiger partial charge is 0.378 e. The number of hydrogen-bond acceptors (Lipinski definition) is 3. The molecule has 0 unspecified atom stereocenters. The van der Waals surface area contributed by atoms with Crippen LogP contribution in [-0.4, -0.2) is 23.0 Å². The van der Waals surface area contributed by atoms with Crippen LogP contribution in [0.4, 0.5) is 13.2 Å². The number of rotatable bonds is 6. The van der Waals surface area contributed by atoms with E-state index in [0.717, 1.165) is 24.3 Å². The molecular weight excluding hydrogens is 313 g/mol. The summed E-state index contributed by atoms with van der Waals surface area (Å²) in [4.78, 5) is 23.1. The number of nitrogens with one attached hydrogen (secondary N) is 1. The van der Waals surface area contributed by atoms with E-state index in [1.807, 2.05) is 0 Å². The molecule has 0 heterocycles. The van der Waals surface area contributed by atoms with Crippen LogP contribution in [0.25, 0.3) is 0 Å². The molecule has 0 aliphatic rings. The molecule has 8 heteroatoms. The number of aliphatic hydroxyl groups excluding tert-OH is 1. The van der Waals surface area contributed by atoms with Crippen molar-refractivity contribution in [2.24, 2.45) is 5.73 Å². The Kier molecular flexibility index (Phi) is 5.91. The molecule has 5 nitrogen and oxygen atoms in total. The van der Waals surface area contributed by atoms with E-state index in [2.05, 4.69) is 11.9 Å². The van der Waals surface area contributed by atoms with Gasteiger partial charge in [-0.2, -0.15) is 13.2 Å². The van der Waals surface area contributed by atoms with Crippen LogP contribution in [0, 0.1) is 0 Å². The zero-order valence-electron chi connectivity index (χ0n) is 12.4. The first kappa shape index (κ1) is 18.7. The fourth-order valence-corrected chi connectivity index (χ4v) is 1.83. The third-order valence-electron chi connectivity index (χ3n) is 3.01. The van der Waals surface area contributed by atoms with E-state index in [0.29, 0.717) is 5.57 Å². The topological polar surface area (TPSA) is 92.4 Å². The molecule has 1 rings (SSSR count). The summed E-state index contributed by atoms with van der Waals surface area (Å²) in [5, 5.41) is 12.1. The first-order chi connectivity index (χ1) is 10.5. The number of amides is 2. The summed E-state index contributed by atoms with van der Waals surface area (Å²) >= 11 is 0.